The zero-order valence-corrected chi connectivity index (χ0v) is 24.3. The van der Waals surface area contributed by atoms with Gasteiger partial charge in [-0.2, -0.15) is 0 Å². The third-order valence-electron chi connectivity index (χ3n) is 8.95. The minimum Gasteiger partial charge on any atom is -0.497 e. The Morgan fingerprint density at radius 1 is 1.23 bits per heavy atom. The summed E-state index contributed by atoms with van der Waals surface area (Å²) in [6.45, 7) is 12.6. The van der Waals surface area contributed by atoms with E-state index in [-0.39, 0.29) is 36.0 Å². The monoisotopic (exact) mass is 549 g/mol. The Balaban J connectivity index is 1.63. The van der Waals surface area contributed by atoms with Crippen molar-refractivity contribution in [1.82, 2.24) is 5.32 Å². The summed E-state index contributed by atoms with van der Waals surface area (Å²) in [4.78, 5) is 30.7. The molecule has 5 rings (SSSR count). The number of carbonyl (C=O) groups is 2. The topological polar surface area (TPSA) is 91.3 Å². The maximum absolute atomic E-state index is 14.4. The molecule has 208 valence electrons. The Morgan fingerprint density at radius 3 is 2.62 bits per heavy atom. The standard InChI is InChI=1S/C30H39N3O5Si/c1-6-15-33-25-12-7-21(32-16-14-31-19-27(32)35)18-24(25)30(29(33)36)20(2)28(26(38-30)13-17-34)39(4,5)23-10-8-22(37-3)9-11-23/h6-12,18,20,26,28,31,34H,1,13-17,19H2,2-5H3/t20-,26+,28-,30+/m0/s1. The average molecular weight is 550 g/mol. The smallest absolute Gasteiger partial charge is 0.264 e. The molecule has 0 aromatic heterocycles. The predicted molar refractivity (Wildman–Crippen MR) is 155 cm³/mol. The first-order valence-electron chi connectivity index (χ1n) is 13.7. The molecule has 2 aromatic rings. The number of aliphatic hydroxyl groups excluding tert-OH is 1. The maximum Gasteiger partial charge on any atom is 0.264 e. The third-order valence-corrected chi connectivity index (χ3v) is 13.3. The Kier molecular flexibility index (Phi) is 7.45. The molecule has 2 saturated heterocycles. The van der Waals surface area contributed by atoms with Crippen LogP contribution < -0.4 is 25.0 Å². The number of piperazine rings is 1. The summed E-state index contributed by atoms with van der Waals surface area (Å²) in [5.41, 5.74) is 1.23. The second kappa shape index (κ2) is 10.5. The van der Waals surface area contributed by atoms with Gasteiger partial charge in [0.05, 0.1) is 33.5 Å². The molecule has 0 bridgehead atoms. The number of anilines is 2. The van der Waals surface area contributed by atoms with E-state index in [1.165, 1.54) is 5.19 Å². The number of rotatable bonds is 8. The molecule has 39 heavy (non-hydrogen) atoms. The van der Waals surface area contributed by atoms with E-state index in [0.29, 0.717) is 32.6 Å². The number of aliphatic hydroxyl groups is 1. The number of amides is 2. The van der Waals surface area contributed by atoms with Crippen LogP contribution >= 0.6 is 0 Å². The van der Waals surface area contributed by atoms with E-state index < -0.39 is 13.7 Å². The average Bonchev–Trinajstić information content (AvgIpc) is 3.36. The van der Waals surface area contributed by atoms with Crippen LogP contribution in [0.4, 0.5) is 11.4 Å². The summed E-state index contributed by atoms with van der Waals surface area (Å²) in [5.74, 6) is 0.552. The van der Waals surface area contributed by atoms with Crippen molar-refractivity contribution in [3.63, 3.8) is 0 Å². The van der Waals surface area contributed by atoms with Gasteiger partial charge in [0.15, 0.2) is 5.60 Å². The van der Waals surface area contributed by atoms with E-state index in [9.17, 15) is 14.7 Å². The van der Waals surface area contributed by atoms with E-state index in [2.05, 4.69) is 44.0 Å². The van der Waals surface area contributed by atoms with Gasteiger partial charge >= 0.3 is 0 Å². The van der Waals surface area contributed by atoms with Crippen LogP contribution in [0.1, 0.15) is 18.9 Å². The van der Waals surface area contributed by atoms with Crippen molar-refractivity contribution in [2.45, 2.75) is 43.7 Å². The molecule has 0 aliphatic carbocycles. The first-order valence-corrected chi connectivity index (χ1v) is 16.8. The maximum atomic E-state index is 14.4. The lowest BCUT2D eigenvalue weighted by molar-refractivity contribution is -0.146. The number of methoxy groups -OCH3 is 1. The molecule has 0 unspecified atom stereocenters. The van der Waals surface area contributed by atoms with E-state index in [4.69, 9.17) is 9.47 Å². The van der Waals surface area contributed by atoms with E-state index in [1.54, 1.807) is 23.0 Å². The molecule has 3 heterocycles. The Bertz CT molecular complexity index is 1270. The van der Waals surface area contributed by atoms with Gasteiger partial charge in [-0.3, -0.25) is 9.59 Å². The van der Waals surface area contributed by atoms with Gasteiger partial charge < -0.3 is 29.7 Å². The fourth-order valence-corrected chi connectivity index (χ4v) is 11.1. The van der Waals surface area contributed by atoms with Crippen LogP contribution in [-0.2, 0) is 19.9 Å². The van der Waals surface area contributed by atoms with Crippen LogP contribution in [0, 0.1) is 5.92 Å². The Hall–Kier alpha value is -2.98. The van der Waals surface area contributed by atoms with Crippen molar-refractivity contribution in [2.24, 2.45) is 5.92 Å². The molecule has 2 N–H and O–H groups in total. The molecule has 9 heteroatoms. The highest BCUT2D eigenvalue weighted by Crippen LogP contribution is 2.60. The summed E-state index contributed by atoms with van der Waals surface area (Å²) >= 11 is 0. The summed E-state index contributed by atoms with van der Waals surface area (Å²) in [6.07, 6.45) is 1.88. The number of fused-ring (bicyclic) bond motifs is 2. The molecular weight excluding hydrogens is 510 g/mol. The van der Waals surface area contributed by atoms with Crippen LogP contribution in [-0.4, -0.2) is 71.0 Å². The van der Waals surface area contributed by atoms with Crippen molar-refractivity contribution in [3.05, 3.63) is 60.7 Å². The lowest BCUT2D eigenvalue weighted by Gasteiger charge is -2.37. The second-order valence-corrected chi connectivity index (χ2v) is 16.0. The number of hydrogen-bond acceptors (Lipinski definition) is 6. The summed E-state index contributed by atoms with van der Waals surface area (Å²) in [5, 5.41) is 14.4. The highest BCUT2D eigenvalue weighted by Gasteiger charge is 2.66. The van der Waals surface area contributed by atoms with Crippen molar-refractivity contribution < 1.29 is 24.2 Å². The zero-order valence-electron chi connectivity index (χ0n) is 23.3. The van der Waals surface area contributed by atoms with Crippen molar-refractivity contribution in [3.8, 4) is 5.75 Å². The van der Waals surface area contributed by atoms with Gasteiger partial charge in [0, 0.05) is 43.4 Å². The first-order chi connectivity index (χ1) is 18.7. The van der Waals surface area contributed by atoms with Crippen LogP contribution in [0.2, 0.25) is 18.6 Å². The molecule has 0 radical (unpaired) electrons. The normalized spacial score (nSPS) is 26.8. The highest BCUT2D eigenvalue weighted by atomic mass is 28.3. The van der Waals surface area contributed by atoms with Crippen LogP contribution in [0.25, 0.3) is 0 Å². The molecule has 0 saturated carbocycles. The SMILES string of the molecule is C=CCN1C(=O)[C@]2(O[C@H](CCO)[C@@H]([Si](C)(C)c3ccc(OC)cc3)[C@@H]2C)c2cc(N3CCNCC3=O)ccc21. The molecular formula is C30H39N3O5Si. The number of nitrogens with zero attached hydrogens (tertiary/aromatic N) is 2. The predicted octanol–water partition coefficient (Wildman–Crippen LogP) is 2.76. The van der Waals surface area contributed by atoms with Crippen LogP contribution in [0.5, 0.6) is 5.75 Å². The molecule has 3 aliphatic rings. The molecule has 3 aliphatic heterocycles. The quantitative estimate of drug-likeness (QED) is 0.389. The number of hydrogen-bond donors (Lipinski definition) is 2. The van der Waals surface area contributed by atoms with Crippen LogP contribution in [0.3, 0.4) is 0 Å². The second-order valence-electron chi connectivity index (χ2n) is 11.3. The Labute approximate surface area is 231 Å². The lowest BCUT2D eigenvalue weighted by Crippen LogP contribution is -2.52. The molecule has 2 fully saturated rings. The zero-order chi connectivity index (χ0) is 27.9. The van der Waals surface area contributed by atoms with E-state index >= 15 is 0 Å². The van der Waals surface area contributed by atoms with Gasteiger partial charge in [0.25, 0.3) is 5.91 Å². The van der Waals surface area contributed by atoms with E-state index in [0.717, 1.165) is 22.7 Å². The van der Waals surface area contributed by atoms with Gasteiger partial charge in [0.1, 0.15) is 5.75 Å². The molecule has 1 spiro atoms. The Morgan fingerprint density at radius 2 is 1.97 bits per heavy atom. The van der Waals surface area contributed by atoms with Gasteiger partial charge in [-0.05, 0) is 42.3 Å². The summed E-state index contributed by atoms with van der Waals surface area (Å²) in [6, 6.07) is 14.1. The summed E-state index contributed by atoms with van der Waals surface area (Å²) in [7, 11) is -0.584. The molecule has 8 nitrogen and oxygen atoms in total. The van der Waals surface area contributed by atoms with Gasteiger partial charge in [-0.1, -0.05) is 43.4 Å². The van der Waals surface area contributed by atoms with Gasteiger partial charge in [-0.15, -0.1) is 6.58 Å². The minimum absolute atomic E-state index is 0.00647. The van der Waals surface area contributed by atoms with Crippen LogP contribution in [0.15, 0.2) is 55.1 Å². The molecule has 4 atom stereocenters. The largest absolute Gasteiger partial charge is 0.497 e. The summed E-state index contributed by atoms with van der Waals surface area (Å²) < 4.78 is 12.3. The number of ether oxygens (including phenoxy) is 2. The third kappa shape index (κ3) is 4.32. The highest BCUT2D eigenvalue weighted by molar-refractivity contribution is 6.91. The number of carbonyl (C=O) groups excluding carboxylic acids is 2. The van der Waals surface area contributed by atoms with Crippen molar-refractivity contribution in [1.29, 1.82) is 0 Å². The van der Waals surface area contributed by atoms with Crippen molar-refractivity contribution >= 4 is 36.4 Å². The minimum atomic E-state index is -2.24. The fraction of sp³-hybridized carbons (Fsp3) is 0.467. The molecule has 2 aromatic carbocycles. The van der Waals surface area contributed by atoms with E-state index in [1.807, 2.05) is 30.3 Å². The van der Waals surface area contributed by atoms with Gasteiger partial charge in [-0.25, -0.2) is 0 Å². The van der Waals surface area contributed by atoms with Gasteiger partial charge in [0.2, 0.25) is 5.91 Å². The number of nitrogens with one attached hydrogen (secondary N) is 1. The first kappa shape index (κ1) is 27.6. The van der Waals surface area contributed by atoms with Crippen molar-refractivity contribution in [2.75, 3.05) is 49.7 Å². The number of benzene rings is 2. The fourth-order valence-electron chi connectivity index (χ4n) is 7.06. The molecule has 2 amide bonds. The lowest BCUT2D eigenvalue weighted by atomic mass is 9.82.